The monoisotopic (exact) mass is 360 g/mol. The summed E-state index contributed by atoms with van der Waals surface area (Å²) in [5.74, 6) is -0.715. The second kappa shape index (κ2) is 8.03. The zero-order valence-electron chi connectivity index (χ0n) is 14.4. The summed E-state index contributed by atoms with van der Waals surface area (Å²) in [4.78, 5) is 23.6. The highest BCUT2D eigenvalue weighted by Crippen LogP contribution is 2.18. The molecule has 0 unspecified atom stereocenters. The fraction of sp³-hybridized carbons (Fsp3) is 0.263. The number of hydrogen-bond acceptors (Lipinski definition) is 3. The highest BCUT2D eigenvalue weighted by atomic mass is 35.5. The number of rotatable bonds is 4. The third-order valence-corrected chi connectivity index (χ3v) is 3.38. The van der Waals surface area contributed by atoms with Gasteiger partial charge in [-0.05, 0) is 62.7 Å². The molecule has 0 saturated carbocycles. The molecule has 0 aromatic heterocycles. The van der Waals surface area contributed by atoms with E-state index < -0.39 is 17.4 Å². The minimum atomic E-state index is -0.704. The molecule has 0 bridgehead atoms. The van der Waals surface area contributed by atoms with Crippen LogP contribution in [0.3, 0.4) is 0 Å². The number of carbonyl (C=O) groups is 2. The molecule has 25 heavy (non-hydrogen) atoms. The Morgan fingerprint density at radius 1 is 0.960 bits per heavy atom. The van der Waals surface area contributed by atoms with Gasteiger partial charge in [-0.1, -0.05) is 23.7 Å². The molecule has 0 aliphatic rings. The lowest BCUT2D eigenvalue weighted by Crippen LogP contribution is -2.46. The van der Waals surface area contributed by atoms with Crippen LogP contribution in [-0.2, 0) is 16.2 Å². The van der Waals surface area contributed by atoms with Gasteiger partial charge in [0.2, 0.25) is 0 Å². The minimum absolute atomic E-state index is 0.414. The van der Waals surface area contributed by atoms with Gasteiger partial charge in [-0.3, -0.25) is 9.59 Å². The maximum absolute atomic E-state index is 11.8. The van der Waals surface area contributed by atoms with Crippen LogP contribution in [0.4, 0.5) is 5.69 Å². The Kier molecular flexibility index (Phi) is 6.04. The molecule has 0 heterocycles. The van der Waals surface area contributed by atoms with Crippen LogP contribution in [0.5, 0.6) is 5.75 Å². The Balaban J connectivity index is 1.88. The summed E-state index contributed by atoms with van der Waals surface area (Å²) in [6.45, 7) is 5.85. The molecule has 0 radical (unpaired) electrons. The summed E-state index contributed by atoms with van der Waals surface area (Å²) in [5.41, 5.74) is 1.06. The van der Waals surface area contributed by atoms with Crippen molar-refractivity contribution in [2.75, 3.05) is 5.32 Å². The highest BCUT2D eigenvalue weighted by molar-refractivity contribution is 6.39. The molecule has 6 heteroatoms. The van der Waals surface area contributed by atoms with Crippen molar-refractivity contribution >= 4 is 29.1 Å². The van der Waals surface area contributed by atoms with E-state index >= 15 is 0 Å². The van der Waals surface area contributed by atoms with E-state index in [-0.39, 0.29) is 0 Å². The normalized spacial score (nSPS) is 10.9. The molecule has 5 nitrogen and oxygen atoms in total. The number of carbonyl (C=O) groups excluding carboxylic acids is 2. The lowest BCUT2D eigenvalue weighted by Gasteiger charge is -2.19. The van der Waals surface area contributed by atoms with Crippen LogP contribution < -0.4 is 15.4 Å². The molecule has 2 amide bonds. The van der Waals surface area contributed by atoms with Crippen molar-refractivity contribution in [3.8, 4) is 5.75 Å². The van der Waals surface area contributed by atoms with Crippen molar-refractivity contribution in [1.29, 1.82) is 0 Å². The molecule has 0 spiro atoms. The van der Waals surface area contributed by atoms with Crippen molar-refractivity contribution in [3.63, 3.8) is 0 Å². The van der Waals surface area contributed by atoms with E-state index in [1.165, 1.54) is 0 Å². The molecule has 132 valence electrons. The van der Waals surface area contributed by atoms with Crippen LogP contribution in [0.2, 0.25) is 5.02 Å². The number of ether oxygens (including phenoxy) is 1. The molecule has 0 atom stereocenters. The largest absolute Gasteiger partial charge is 0.489 e. The number of anilines is 1. The van der Waals surface area contributed by atoms with Crippen LogP contribution in [0, 0.1) is 0 Å². The van der Waals surface area contributed by atoms with E-state index in [9.17, 15) is 9.59 Å². The summed E-state index contributed by atoms with van der Waals surface area (Å²) in [5, 5.41) is 5.84. The zero-order valence-corrected chi connectivity index (χ0v) is 15.2. The summed E-state index contributed by atoms with van der Waals surface area (Å²) in [6.07, 6.45) is 0. The molecule has 2 rings (SSSR count). The molecular weight excluding hydrogens is 340 g/mol. The summed E-state index contributed by atoms with van der Waals surface area (Å²) in [7, 11) is 0. The second-order valence-electron chi connectivity index (χ2n) is 6.60. The van der Waals surface area contributed by atoms with E-state index in [0.29, 0.717) is 23.1 Å². The first-order chi connectivity index (χ1) is 11.7. The number of nitrogens with one attached hydrogen (secondary N) is 2. The molecule has 0 aliphatic heterocycles. The van der Waals surface area contributed by atoms with Crippen molar-refractivity contribution in [1.82, 2.24) is 5.32 Å². The number of halogens is 1. The van der Waals surface area contributed by atoms with E-state index in [1.54, 1.807) is 24.3 Å². The predicted molar refractivity (Wildman–Crippen MR) is 98.8 cm³/mol. The molecule has 2 N–H and O–H groups in total. The van der Waals surface area contributed by atoms with Gasteiger partial charge in [0.15, 0.2) is 0 Å². The van der Waals surface area contributed by atoms with Gasteiger partial charge in [-0.25, -0.2) is 0 Å². The number of hydrogen-bond donors (Lipinski definition) is 2. The summed E-state index contributed by atoms with van der Waals surface area (Å²) in [6, 6.07) is 14.2. The third kappa shape index (κ3) is 6.47. The average Bonchev–Trinajstić information content (AvgIpc) is 2.54. The van der Waals surface area contributed by atoms with Gasteiger partial charge in [0, 0.05) is 16.2 Å². The predicted octanol–water partition coefficient (Wildman–Crippen LogP) is 3.77. The lowest BCUT2D eigenvalue weighted by atomic mass is 10.1. The van der Waals surface area contributed by atoms with Gasteiger partial charge in [-0.2, -0.15) is 0 Å². The van der Waals surface area contributed by atoms with Crippen molar-refractivity contribution < 1.29 is 14.3 Å². The van der Waals surface area contributed by atoms with Crippen LogP contribution in [0.1, 0.15) is 26.3 Å². The second-order valence-corrected chi connectivity index (χ2v) is 7.03. The average molecular weight is 361 g/mol. The van der Waals surface area contributed by atoms with Gasteiger partial charge in [0.25, 0.3) is 0 Å². The molecular formula is C19H21ClN2O3. The van der Waals surface area contributed by atoms with Crippen LogP contribution in [-0.4, -0.2) is 17.4 Å². The van der Waals surface area contributed by atoms with E-state index in [0.717, 1.165) is 5.56 Å². The van der Waals surface area contributed by atoms with Crippen molar-refractivity contribution in [2.45, 2.75) is 32.9 Å². The van der Waals surface area contributed by atoms with Gasteiger partial charge >= 0.3 is 11.8 Å². The molecule has 2 aromatic rings. The summed E-state index contributed by atoms with van der Waals surface area (Å²) < 4.78 is 5.67. The SMILES string of the molecule is CC(C)(C)NC(=O)C(=O)Nc1ccc(OCc2ccc(Cl)cc2)cc1. The first-order valence-corrected chi connectivity index (χ1v) is 8.21. The van der Waals surface area contributed by atoms with Gasteiger partial charge in [-0.15, -0.1) is 0 Å². The maximum atomic E-state index is 11.8. The Morgan fingerprint density at radius 2 is 1.56 bits per heavy atom. The van der Waals surface area contributed by atoms with Gasteiger partial charge in [0.1, 0.15) is 12.4 Å². The van der Waals surface area contributed by atoms with Gasteiger partial charge in [0.05, 0.1) is 0 Å². The smallest absolute Gasteiger partial charge is 0.313 e. The van der Waals surface area contributed by atoms with Crippen LogP contribution in [0.15, 0.2) is 48.5 Å². The fourth-order valence-corrected chi connectivity index (χ4v) is 2.09. The third-order valence-electron chi connectivity index (χ3n) is 3.13. The first kappa shape index (κ1) is 18.8. The fourth-order valence-electron chi connectivity index (χ4n) is 1.97. The van der Waals surface area contributed by atoms with Crippen LogP contribution >= 0.6 is 11.6 Å². The van der Waals surface area contributed by atoms with Crippen molar-refractivity contribution in [2.24, 2.45) is 0 Å². The lowest BCUT2D eigenvalue weighted by molar-refractivity contribution is -0.137. The van der Waals surface area contributed by atoms with E-state index in [1.807, 2.05) is 45.0 Å². The molecule has 2 aromatic carbocycles. The van der Waals surface area contributed by atoms with E-state index in [4.69, 9.17) is 16.3 Å². The Labute approximate surface area is 152 Å². The summed E-state index contributed by atoms with van der Waals surface area (Å²) >= 11 is 5.84. The molecule has 0 fully saturated rings. The highest BCUT2D eigenvalue weighted by Gasteiger charge is 2.20. The Morgan fingerprint density at radius 3 is 2.12 bits per heavy atom. The molecule has 0 aliphatic carbocycles. The Hall–Kier alpha value is -2.53. The first-order valence-electron chi connectivity index (χ1n) is 7.84. The van der Waals surface area contributed by atoms with Crippen molar-refractivity contribution in [3.05, 3.63) is 59.1 Å². The topological polar surface area (TPSA) is 67.4 Å². The van der Waals surface area contributed by atoms with Gasteiger partial charge < -0.3 is 15.4 Å². The van der Waals surface area contributed by atoms with E-state index in [2.05, 4.69) is 10.6 Å². The number of benzene rings is 2. The zero-order chi connectivity index (χ0) is 18.4. The number of amides is 2. The standard InChI is InChI=1S/C19H21ClN2O3/c1-19(2,3)22-18(24)17(23)21-15-8-10-16(11-9-15)25-12-13-4-6-14(20)7-5-13/h4-11H,12H2,1-3H3,(H,21,23)(H,22,24). The maximum Gasteiger partial charge on any atom is 0.313 e. The quantitative estimate of drug-likeness (QED) is 0.815. The minimum Gasteiger partial charge on any atom is -0.489 e. The van der Waals surface area contributed by atoms with Crippen LogP contribution in [0.25, 0.3) is 0 Å². The Bertz CT molecular complexity index is 735. The molecule has 0 saturated heterocycles.